The summed E-state index contributed by atoms with van der Waals surface area (Å²) in [5, 5.41) is 13.8. The van der Waals surface area contributed by atoms with Crippen LogP contribution in [0.3, 0.4) is 0 Å². The summed E-state index contributed by atoms with van der Waals surface area (Å²) in [5.41, 5.74) is 5.66. The number of oxime groups is 1. The molecule has 180 valence electrons. The minimum absolute atomic E-state index is 0.0732. The Morgan fingerprint density at radius 2 is 1.66 bits per heavy atom. The van der Waals surface area contributed by atoms with Gasteiger partial charge in [-0.1, -0.05) is 84.0 Å². The topological polar surface area (TPSA) is 68.1 Å². The molecular weight excluding hydrogens is 438 g/mol. The van der Waals surface area contributed by atoms with Crippen LogP contribution in [0.4, 0.5) is 0 Å². The number of carbonyl (C=O) groups is 1. The van der Waals surface area contributed by atoms with E-state index >= 15 is 0 Å². The van der Waals surface area contributed by atoms with Crippen molar-refractivity contribution in [3.63, 3.8) is 0 Å². The molecule has 1 saturated carbocycles. The number of nitrogens with zero attached hydrogens (tertiary/aromatic N) is 1. The van der Waals surface area contributed by atoms with Crippen LogP contribution in [-0.2, 0) is 26.2 Å². The fourth-order valence-corrected chi connectivity index (χ4v) is 4.87. The highest BCUT2D eigenvalue weighted by molar-refractivity contribution is 5.86. The average Bonchev–Trinajstić information content (AvgIpc) is 3.62. The molecule has 1 fully saturated rings. The molecule has 2 aliphatic rings. The van der Waals surface area contributed by atoms with Crippen molar-refractivity contribution in [3.8, 4) is 11.1 Å². The van der Waals surface area contributed by atoms with Crippen LogP contribution < -0.4 is 0 Å². The largest absolute Gasteiger partial charge is 0.481 e. The summed E-state index contributed by atoms with van der Waals surface area (Å²) in [5.74, 6) is -0.652. The summed E-state index contributed by atoms with van der Waals surface area (Å²) in [6.07, 6.45) is 2.24. The molecule has 5 nitrogen and oxygen atoms in total. The second kappa shape index (κ2) is 9.67. The molecule has 3 aromatic rings. The van der Waals surface area contributed by atoms with Gasteiger partial charge in [0.15, 0.2) is 6.10 Å². The predicted molar refractivity (Wildman–Crippen MR) is 136 cm³/mol. The number of rotatable bonds is 9. The summed E-state index contributed by atoms with van der Waals surface area (Å²) in [6.45, 7) is 4.66. The number of hydrogen-bond acceptors (Lipinski definition) is 4. The molecule has 0 radical (unpaired) electrons. The first-order valence-corrected chi connectivity index (χ1v) is 12.3. The van der Waals surface area contributed by atoms with Crippen molar-refractivity contribution in [1.82, 2.24) is 0 Å². The lowest BCUT2D eigenvalue weighted by molar-refractivity contribution is -0.140. The summed E-state index contributed by atoms with van der Waals surface area (Å²) in [6, 6.07) is 26.6. The van der Waals surface area contributed by atoms with Gasteiger partial charge in [-0.05, 0) is 60.9 Å². The van der Waals surface area contributed by atoms with Gasteiger partial charge in [0.1, 0.15) is 0 Å². The molecular formula is C30H31NO4. The van der Waals surface area contributed by atoms with E-state index in [1.807, 2.05) is 37.3 Å². The maximum Gasteiger partial charge on any atom is 0.314 e. The molecule has 3 aromatic carbocycles. The lowest BCUT2D eigenvalue weighted by Crippen LogP contribution is -2.24. The molecule has 1 aliphatic carbocycles. The highest BCUT2D eigenvalue weighted by atomic mass is 16.6. The molecule has 1 N–H and O–H groups in total. The lowest BCUT2D eigenvalue weighted by Gasteiger charge is -2.21. The third-order valence-electron chi connectivity index (χ3n) is 7.31. The standard InChI is InChI=1S/C30H31NO4/c1-20(18-22-6-4-3-5-7-22)34-19-27-21(2)31-35-28(27)25-10-8-23(9-11-25)24-12-14-26(15-13-24)30(16-17-30)29(32)33/h3-15,20,27-28H,16-19H2,1-2H3,(H,32,33). The van der Waals surface area contributed by atoms with E-state index in [1.165, 1.54) is 5.56 Å². The second-order valence-electron chi connectivity index (χ2n) is 9.79. The van der Waals surface area contributed by atoms with Crippen LogP contribution in [0.1, 0.15) is 49.5 Å². The third kappa shape index (κ3) is 4.87. The molecule has 35 heavy (non-hydrogen) atoms. The van der Waals surface area contributed by atoms with E-state index in [0.29, 0.717) is 6.61 Å². The Bertz CT molecular complexity index is 1200. The smallest absolute Gasteiger partial charge is 0.314 e. The molecule has 3 unspecified atom stereocenters. The molecule has 0 spiro atoms. The van der Waals surface area contributed by atoms with Gasteiger partial charge in [0.25, 0.3) is 0 Å². The van der Waals surface area contributed by atoms with Crippen LogP contribution >= 0.6 is 0 Å². The van der Waals surface area contributed by atoms with Gasteiger partial charge in [-0.2, -0.15) is 0 Å². The van der Waals surface area contributed by atoms with Gasteiger partial charge in [0.2, 0.25) is 0 Å². The van der Waals surface area contributed by atoms with Crippen LogP contribution in [0, 0.1) is 5.92 Å². The number of hydrogen-bond donors (Lipinski definition) is 1. The van der Waals surface area contributed by atoms with Crippen molar-refractivity contribution in [3.05, 3.63) is 95.6 Å². The maximum atomic E-state index is 11.6. The Hall–Kier alpha value is -3.44. The molecule has 0 aromatic heterocycles. The number of benzene rings is 3. The van der Waals surface area contributed by atoms with Gasteiger partial charge < -0.3 is 14.7 Å². The Balaban J connectivity index is 1.23. The van der Waals surface area contributed by atoms with Crippen LogP contribution in [0.5, 0.6) is 0 Å². The normalized spacial score (nSPS) is 21.1. The molecule has 1 aliphatic heterocycles. The third-order valence-corrected chi connectivity index (χ3v) is 7.31. The van der Waals surface area contributed by atoms with Crippen LogP contribution in [0.15, 0.2) is 84.0 Å². The molecule has 5 heteroatoms. The quantitative estimate of drug-likeness (QED) is 0.406. The van der Waals surface area contributed by atoms with Gasteiger partial charge in [-0.3, -0.25) is 4.79 Å². The molecule has 0 amide bonds. The van der Waals surface area contributed by atoms with E-state index in [4.69, 9.17) is 9.57 Å². The van der Waals surface area contributed by atoms with Gasteiger partial charge >= 0.3 is 5.97 Å². The predicted octanol–water partition coefficient (Wildman–Crippen LogP) is 6.18. The average molecular weight is 470 g/mol. The van der Waals surface area contributed by atoms with Gasteiger partial charge in [0.05, 0.1) is 29.8 Å². The Kier molecular flexibility index (Phi) is 6.44. The van der Waals surface area contributed by atoms with E-state index in [1.54, 1.807) is 0 Å². The molecule has 3 atom stereocenters. The zero-order chi connectivity index (χ0) is 24.4. The molecule has 0 saturated heterocycles. The first kappa shape index (κ1) is 23.3. The Morgan fingerprint density at radius 3 is 2.26 bits per heavy atom. The minimum atomic E-state index is -0.725. The van der Waals surface area contributed by atoms with Crippen LogP contribution in [0.25, 0.3) is 11.1 Å². The van der Waals surface area contributed by atoms with E-state index in [9.17, 15) is 9.90 Å². The first-order chi connectivity index (χ1) is 17.0. The van der Waals surface area contributed by atoms with E-state index in [0.717, 1.165) is 47.2 Å². The maximum absolute atomic E-state index is 11.6. The van der Waals surface area contributed by atoms with Crippen molar-refractivity contribution >= 4 is 11.7 Å². The van der Waals surface area contributed by atoms with Gasteiger partial charge in [-0.25, -0.2) is 0 Å². The summed E-state index contributed by atoms with van der Waals surface area (Å²) >= 11 is 0. The number of aliphatic carboxylic acids is 1. The van der Waals surface area contributed by atoms with Crippen molar-refractivity contribution in [1.29, 1.82) is 0 Å². The first-order valence-electron chi connectivity index (χ1n) is 12.3. The van der Waals surface area contributed by atoms with E-state index < -0.39 is 11.4 Å². The van der Waals surface area contributed by atoms with E-state index in [-0.39, 0.29) is 18.1 Å². The highest BCUT2D eigenvalue weighted by Gasteiger charge is 2.51. The van der Waals surface area contributed by atoms with Crippen molar-refractivity contribution in [2.45, 2.75) is 50.7 Å². The Morgan fingerprint density at radius 1 is 1.03 bits per heavy atom. The van der Waals surface area contributed by atoms with Crippen molar-refractivity contribution in [2.24, 2.45) is 11.1 Å². The fourth-order valence-electron chi connectivity index (χ4n) is 4.87. The summed E-state index contributed by atoms with van der Waals surface area (Å²) < 4.78 is 6.20. The van der Waals surface area contributed by atoms with Gasteiger partial charge in [-0.15, -0.1) is 0 Å². The fraction of sp³-hybridized carbons (Fsp3) is 0.333. The Labute approximate surface area is 206 Å². The van der Waals surface area contributed by atoms with Crippen LogP contribution in [0.2, 0.25) is 0 Å². The van der Waals surface area contributed by atoms with E-state index in [2.05, 4.69) is 60.6 Å². The van der Waals surface area contributed by atoms with Crippen molar-refractivity contribution < 1.29 is 19.5 Å². The van der Waals surface area contributed by atoms with Crippen molar-refractivity contribution in [2.75, 3.05) is 6.61 Å². The number of carboxylic acids is 1. The number of carboxylic acid groups (broad SMARTS) is 1. The molecule has 5 rings (SSSR count). The molecule has 0 bridgehead atoms. The zero-order valence-corrected chi connectivity index (χ0v) is 20.2. The summed E-state index contributed by atoms with van der Waals surface area (Å²) in [7, 11) is 0. The SMILES string of the molecule is CC1=NOC(c2ccc(-c3ccc(C4(C(=O)O)CC4)cc3)cc2)C1COC(C)Cc1ccccc1. The number of ether oxygens (including phenoxy) is 1. The second-order valence-corrected chi connectivity index (χ2v) is 9.79. The van der Waals surface area contributed by atoms with Crippen LogP contribution in [-0.4, -0.2) is 29.5 Å². The zero-order valence-electron chi connectivity index (χ0n) is 20.2. The molecule has 1 heterocycles. The minimum Gasteiger partial charge on any atom is -0.481 e. The van der Waals surface area contributed by atoms with Gasteiger partial charge in [0, 0.05) is 0 Å². The summed E-state index contributed by atoms with van der Waals surface area (Å²) in [4.78, 5) is 17.4. The highest BCUT2D eigenvalue weighted by Crippen LogP contribution is 2.48. The lowest BCUT2D eigenvalue weighted by atomic mass is 9.91. The monoisotopic (exact) mass is 469 g/mol.